The molecule has 9 rings (SSSR count). The molecule has 3 spiro atoms. The average Bonchev–Trinajstić information content (AvgIpc) is 3.51. The summed E-state index contributed by atoms with van der Waals surface area (Å²) in [5, 5.41) is 22.3. The molecular formula is C24H23N3O6. The molecular weight excluding hydrogens is 426 g/mol. The van der Waals surface area contributed by atoms with Crippen molar-refractivity contribution < 1.29 is 28.9 Å². The van der Waals surface area contributed by atoms with Crippen LogP contribution in [-0.4, -0.2) is 66.1 Å². The molecule has 4 aliphatic carbocycles. The van der Waals surface area contributed by atoms with Gasteiger partial charge in [0.25, 0.3) is 0 Å². The van der Waals surface area contributed by atoms with Gasteiger partial charge in [-0.1, -0.05) is 6.07 Å². The van der Waals surface area contributed by atoms with Crippen LogP contribution in [0.25, 0.3) is 0 Å². The number of carbonyl (C=O) groups excluding carboxylic acids is 2. The lowest BCUT2D eigenvalue weighted by molar-refractivity contribution is -0.178. The Kier molecular flexibility index (Phi) is 2.98. The third-order valence-corrected chi connectivity index (χ3v) is 10.2. The summed E-state index contributed by atoms with van der Waals surface area (Å²) in [5.74, 6) is -0.170. The Morgan fingerprint density at radius 3 is 2.97 bits per heavy atom. The van der Waals surface area contributed by atoms with E-state index in [2.05, 4.69) is 11.0 Å². The van der Waals surface area contributed by atoms with Crippen LogP contribution in [0, 0.1) is 28.6 Å². The minimum Gasteiger partial charge on any atom is -0.454 e. The van der Waals surface area contributed by atoms with Gasteiger partial charge in [-0.25, -0.2) is 4.79 Å². The monoisotopic (exact) mass is 449 g/mol. The van der Waals surface area contributed by atoms with Gasteiger partial charge in [-0.05, 0) is 49.3 Å². The van der Waals surface area contributed by atoms with Crippen molar-refractivity contribution in [3.05, 3.63) is 17.7 Å². The molecule has 1 amide bonds. The number of anilines is 1. The Labute approximate surface area is 189 Å². The largest absolute Gasteiger partial charge is 0.454 e. The fourth-order valence-electron chi connectivity index (χ4n) is 9.88. The van der Waals surface area contributed by atoms with E-state index in [4.69, 9.17) is 14.2 Å². The van der Waals surface area contributed by atoms with Gasteiger partial charge in [0, 0.05) is 12.0 Å². The molecule has 2 unspecified atom stereocenters. The van der Waals surface area contributed by atoms with Crippen molar-refractivity contribution in [2.24, 2.45) is 17.3 Å². The number of ether oxygens (including phenoxy) is 3. The number of amides is 1. The molecule has 4 bridgehead atoms. The maximum absolute atomic E-state index is 14.2. The fraction of sp³-hybridized carbons (Fsp3) is 0.625. The topological polar surface area (TPSA) is 112 Å². The number of benzene rings is 1. The number of hydrogen-bond donors (Lipinski definition) is 1. The van der Waals surface area contributed by atoms with Gasteiger partial charge < -0.3 is 19.3 Å². The fourth-order valence-corrected chi connectivity index (χ4v) is 9.88. The highest BCUT2D eigenvalue weighted by Crippen LogP contribution is 2.82. The summed E-state index contributed by atoms with van der Waals surface area (Å²) in [6.45, 7) is 0.778. The number of rotatable bonds is 0. The van der Waals surface area contributed by atoms with E-state index in [9.17, 15) is 20.0 Å². The van der Waals surface area contributed by atoms with E-state index in [0.717, 1.165) is 24.9 Å². The molecule has 0 radical (unpaired) electrons. The summed E-state index contributed by atoms with van der Waals surface area (Å²) in [6.07, 6.45) is 1.45. The van der Waals surface area contributed by atoms with Crippen molar-refractivity contribution in [3.63, 3.8) is 0 Å². The third-order valence-electron chi connectivity index (χ3n) is 10.2. The van der Waals surface area contributed by atoms with Crippen LogP contribution in [0.1, 0.15) is 31.2 Å². The van der Waals surface area contributed by atoms with Crippen molar-refractivity contribution in [3.8, 4) is 17.6 Å². The Balaban J connectivity index is 1.56. The summed E-state index contributed by atoms with van der Waals surface area (Å²) in [6, 6.07) is 5.55. The Bertz CT molecular complexity index is 1230. The predicted octanol–water partition coefficient (Wildman–Crippen LogP) is 1.32. The highest BCUT2D eigenvalue weighted by atomic mass is 16.7. The van der Waals surface area contributed by atoms with Crippen LogP contribution >= 0.6 is 0 Å². The number of piperidine rings is 1. The predicted molar refractivity (Wildman–Crippen MR) is 111 cm³/mol. The zero-order chi connectivity index (χ0) is 22.5. The Morgan fingerprint density at radius 2 is 2.18 bits per heavy atom. The lowest BCUT2D eigenvalue weighted by Crippen LogP contribution is -2.81. The van der Waals surface area contributed by atoms with Gasteiger partial charge in [-0.15, -0.1) is 0 Å². The first-order valence-electron chi connectivity index (χ1n) is 11.7. The van der Waals surface area contributed by atoms with Gasteiger partial charge in [0.15, 0.2) is 11.5 Å². The van der Waals surface area contributed by atoms with Crippen molar-refractivity contribution in [1.82, 2.24) is 4.90 Å². The van der Waals surface area contributed by atoms with Crippen LogP contribution in [0.2, 0.25) is 0 Å². The first-order chi connectivity index (χ1) is 16.0. The third kappa shape index (κ3) is 1.49. The number of carbonyl (C=O) groups is 2. The van der Waals surface area contributed by atoms with Crippen molar-refractivity contribution in [2.45, 2.75) is 54.8 Å². The van der Waals surface area contributed by atoms with E-state index in [1.165, 1.54) is 7.11 Å². The van der Waals surface area contributed by atoms with E-state index < -0.39 is 41.0 Å². The zero-order valence-corrected chi connectivity index (χ0v) is 18.1. The SMILES string of the molecule is COC(=O)N1c2c(ccc3c2OCO3)[C@]23C4C(=O)C5C[C@]6(CCCN([C@H]4C#N)[C@@H]62)C[C@H](O)[C@@]513. The number of nitriles is 1. The molecule has 1 aromatic rings. The van der Waals surface area contributed by atoms with Gasteiger partial charge in [0.05, 0.1) is 41.8 Å². The summed E-state index contributed by atoms with van der Waals surface area (Å²) in [7, 11) is 1.32. The molecule has 4 aliphatic heterocycles. The summed E-state index contributed by atoms with van der Waals surface area (Å²) >= 11 is 0. The maximum atomic E-state index is 14.2. The molecule has 2 saturated heterocycles. The van der Waals surface area contributed by atoms with Crippen LogP contribution in [0.4, 0.5) is 10.5 Å². The summed E-state index contributed by atoms with van der Waals surface area (Å²) in [5.41, 5.74) is -0.981. The maximum Gasteiger partial charge on any atom is 0.414 e. The van der Waals surface area contributed by atoms with Crippen LogP contribution in [-0.2, 0) is 14.9 Å². The molecule has 4 saturated carbocycles. The number of fused-ring (bicyclic) bond motifs is 4. The second-order valence-corrected chi connectivity index (χ2v) is 10.7. The number of hydrogen-bond acceptors (Lipinski definition) is 8. The minimum atomic E-state index is -1.20. The molecule has 33 heavy (non-hydrogen) atoms. The molecule has 0 aromatic heterocycles. The second kappa shape index (κ2) is 5.29. The van der Waals surface area contributed by atoms with Crippen molar-refractivity contribution in [2.75, 3.05) is 25.3 Å². The first-order valence-corrected chi connectivity index (χ1v) is 11.7. The second-order valence-electron chi connectivity index (χ2n) is 10.7. The van der Waals surface area contributed by atoms with Crippen molar-refractivity contribution in [1.29, 1.82) is 5.26 Å². The zero-order valence-electron chi connectivity index (χ0n) is 18.1. The lowest BCUT2D eigenvalue weighted by Gasteiger charge is -2.69. The number of Topliss-reactive ketones (excluding diaryl/α,β-unsaturated/α-hetero) is 1. The molecule has 1 N–H and O–H groups in total. The Morgan fingerprint density at radius 1 is 1.33 bits per heavy atom. The van der Waals surface area contributed by atoms with E-state index in [1.54, 1.807) is 4.90 Å². The van der Waals surface area contributed by atoms with Crippen LogP contribution in [0.3, 0.4) is 0 Å². The summed E-state index contributed by atoms with van der Waals surface area (Å²) < 4.78 is 16.8. The summed E-state index contributed by atoms with van der Waals surface area (Å²) in [4.78, 5) is 31.4. The highest BCUT2D eigenvalue weighted by Gasteiger charge is 2.93. The van der Waals surface area contributed by atoms with E-state index in [0.29, 0.717) is 30.0 Å². The molecule has 170 valence electrons. The highest BCUT2D eigenvalue weighted by molar-refractivity contribution is 6.06. The first kappa shape index (κ1) is 18.6. The van der Waals surface area contributed by atoms with Crippen LogP contribution < -0.4 is 14.4 Å². The van der Waals surface area contributed by atoms with E-state index in [1.807, 2.05) is 12.1 Å². The quantitative estimate of drug-likeness (QED) is 0.631. The van der Waals surface area contributed by atoms with Crippen LogP contribution in [0.15, 0.2) is 12.1 Å². The number of aliphatic hydroxyl groups excluding tert-OH is 1. The average molecular weight is 449 g/mol. The van der Waals surface area contributed by atoms with E-state index in [-0.39, 0.29) is 24.0 Å². The number of methoxy groups -OCH3 is 1. The lowest BCUT2D eigenvalue weighted by atomic mass is 9.40. The molecule has 9 nitrogen and oxygen atoms in total. The van der Waals surface area contributed by atoms with Gasteiger partial charge >= 0.3 is 6.09 Å². The van der Waals surface area contributed by atoms with Gasteiger partial charge in [-0.3, -0.25) is 14.6 Å². The number of aliphatic hydroxyl groups is 1. The normalized spacial score (nSPS) is 46.9. The minimum absolute atomic E-state index is 0.00814. The molecule has 8 atom stereocenters. The van der Waals surface area contributed by atoms with Gasteiger partial charge in [-0.2, -0.15) is 5.26 Å². The Hall–Kier alpha value is -2.83. The molecule has 6 fully saturated rings. The molecule has 9 heteroatoms. The molecule has 4 heterocycles. The molecule has 1 aromatic carbocycles. The number of ketones is 1. The van der Waals surface area contributed by atoms with Gasteiger partial charge in [0.2, 0.25) is 6.79 Å². The van der Waals surface area contributed by atoms with Gasteiger partial charge in [0.1, 0.15) is 11.8 Å². The van der Waals surface area contributed by atoms with E-state index >= 15 is 0 Å². The number of nitrogens with zero attached hydrogens (tertiary/aromatic N) is 3. The standard InChI is InChI=1S/C24H23N3O6/c1-31-21(30)27-17-11(3-4-14-19(17)33-10-32-14)23-16-13(9-25)26-6-2-5-22(20(23)26)7-12(18(16)29)24(23,27)15(28)8-22/h3-4,12-13,15-16,20,28H,2,5-8,10H2,1H3/t12?,13-,15-,16?,20-,22+,23-,24+/m0/s1. The van der Waals surface area contributed by atoms with Crippen LogP contribution in [0.5, 0.6) is 11.5 Å². The molecule has 8 aliphatic rings. The van der Waals surface area contributed by atoms with Crippen molar-refractivity contribution >= 4 is 17.6 Å². The smallest absolute Gasteiger partial charge is 0.414 e.